The van der Waals surface area contributed by atoms with Crippen LogP contribution in [0.4, 0.5) is 0 Å². The molecule has 0 aromatic heterocycles. The normalized spacial score (nSPS) is 28.2. The van der Waals surface area contributed by atoms with Gasteiger partial charge in [-0.25, -0.2) is 8.42 Å². The number of sulfone groups is 1. The molecule has 0 amide bonds. The Bertz CT molecular complexity index is 302. The molecule has 1 aliphatic rings. The fourth-order valence-corrected chi connectivity index (χ4v) is 2.96. The Balaban J connectivity index is 2.37. The van der Waals surface area contributed by atoms with Gasteiger partial charge in [0.1, 0.15) is 9.84 Å². The van der Waals surface area contributed by atoms with E-state index in [1.165, 1.54) is 6.26 Å². The van der Waals surface area contributed by atoms with Crippen LogP contribution in [0.2, 0.25) is 0 Å². The van der Waals surface area contributed by atoms with Crippen LogP contribution in [0.3, 0.4) is 0 Å². The van der Waals surface area contributed by atoms with E-state index in [4.69, 9.17) is 4.74 Å². The third kappa shape index (κ3) is 4.39. The van der Waals surface area contributed by atoms with Gasteiger partial charge in [0.15, 0.2) is 0 Å². The summed E-state index contributed by atoms with van der Waals surface area (Å²) >= 11 is 0. The molecule has 3 unspecified atom stereocenters. The van der Waals surface area contributed by atoms with Crippen molar-refractivity contribution in [3.63, 3.8) is 0 Å². The molecule has 1 heterocycles. The van der Waals surface area contributed by atoms with E-state index >= 15 is 0 Å². The second kappa shape index (κ2) is 5.98. The molecule has 0 saturated carbocycles. The second-order valence-electron chi connectivity index (χ2n) is 4.77. The number of rotatable bonds is 6. The summed E-state index contributed by atoms with van der Waals surface area (Å²) < 4.78 is 27.8. The van der Waals surface area contributed by atoms with Gasteiger partial charge in [-0.2, -0.15) is 0 Å². The summed E-state index contributed by atoms with van der Waals surface area (Å²) in [6, 6.07) is 0.277. The van der Waals surface area contributed by atoms with Crippen molar-refractivity contribution < 1.29 is 13.2 Å². The van der Waals surface area contributed by atoms with E-state index in [0.717, 1.165) is 19.4 Å². The Morgan fingerprint density at radius 1 is 1.50 bits per heavy atom. The van der Waals surface area contributed by atoms with Crippen LogP contribution in [-0.4, -0.2) is 46.2 Å². The molecule has 1 saturated heterocycles. The molecule has 0 aliphatic carbocycles. The molecule has 1 rings (SSSR count). The molecule has 0 radical (unpaired) electrons. The predicted molar refractivity (Wildman–Crippen MR) is 65.3 cm³/mol. The number of hydrogen-bond acceptors (Lipinski definition) is 4. The molecule has 0 spiro atoms. The van der Waals surface area contributed by atoms with E-state index in [1.54, 1.807) is 0 Å². The Morgan fingerprint density at radius 3 is 2.62 bits per heavy atom. The van der Waals surface area contributed by atoms with Gasteiger partial charge in [-0.1, -0.05) is 6.92 Å². The first kappa shape index (κ1) is 13.9. The fourth-order valence-electron chi connectivity index (χ4n) is 2.27. The summed E-state index contributed by atoms with van der Waals surface area (Å²) in [5.74, 6) is 0.836. The monoisotopic (exact) mass is 249 g/mol. The summed E-state index contributed by atoms with van der Waals surface area (Å²) in [7, 11) is -0.917. The van der Waals surface area contributed by atoms with Gasteiger partial charge in [0, 0.05) is 24.7 Å². The van der Waals surface area contributed by atoms with Crippen molar-refractivity contribution >= 4 is 9.84 Å². The molecular formula is C11H23NO3S. The summed E-state index contributed by atoms with van der Waals surface area (Å²) in [6.45, 7) is 3.02. The zero-order chi connectivity index (χ0) is 12.2. The lowest BCUT2D eigenvalue weighted by Gasteiger charge is -2.25. The van der Waals surface area contributed by atoms with Crippen LogP contribution in [0.1, 0.15) is 26.2 Å². The Labute approximate surface area is 98.7 Å². The minimum atomic E-state index is -2.83. The molecule has 3 atom stereocenters. The molecule has 0 aromatic rings. The molecule has 1 fully saturated rings. The maximum atomic E-state index is 11.0. The van der Waals surface area contributed by atoms with Crippen molar-refractivity contribution in [3.05, 3.63) is 0 Å². The maximum absolute atomic E-state index is 11.0. The van der Waals surface area contributed by atoms with Crippen LogP contribution in [-0.2, 0) is 14.6 Å². The van der Waals surface area contributed by atoms with Crippen LogP contribution in [0, 0.1) is 5.92 Å². The van der Waals surface area contributed by atoms with Crippen LogP contribution >= 0.6 is 0 Å². The van der Waals surface area contributed by atoms with E-state index in [2.05, 4.69) is 12.2 Å². The van der Waals surface area contributed by atoms with Crippen molar-refractivity contribution in [2.24, 2.45) is 5.92 Å². The van der Waals surface area contributed by atoms with E-state index in [9.17, 15) is 8.42 Å². The van der Waals surface area contributed by atoms with E-state index in [1.807, 2.05) is 7.05 Å². The molecule has 5 heteroatoms. The fraction of sp³-hybridized carbons (Fsp3) is 1.00. The number of ether oxygens (including phenoxy) is 1. The van der Waals surface area contributed by atoms with Gasteiger partial charge < -0.3 is 10.1 Å². The number of likely N-dealkylation sites (N-methyl/N-ethyl adjacent to an activating group) is 1. The largest absolute Gasteiger partial charge is 0.376 e. The highest BCUT2D eigenvalue weighted by Gasteiger charge is 2.30. The van der Waals surface area contributed by atoms with Crippen molar-refractivity contribution in [2.75, 3.05) is 25.7 Å². The van der Waals surface area contributed by atoms with E-state index < -0.39 is 9.84 Å². The summed E-state index contributed by atoms with van der Waals surface area (Å²) in [5.41, 5.74) is 0. The van der Waals surface area contributed by atoms with Gasteiger partial charge in [-0.3, -0.25) is 0 Å². The molecule has 96 valence electrons. The highest BCUT2D eigenvalue weighted by molar-refractivity contribution is 7.90. The number of nitrogens with one attached hydrogen (secondary N) is 1. The van der Waals surface area contributed by atoms with Gasteiger partial charge in [0.05, 0.1) is 6.10 Å². The first-order valence-corrected chi connectivity index (χ1v) is 7.96. The van der Waals surface area contributed by atoms with Crippen molar-refractivity contribution in [2.45, 2.75) is 38.3 Å². The second-order valence-corrected chi connectivity index (χ2v) is 7.03. The minimum Gasteiger partial charge on any atom is -0.376 e. The standard InChI is InChI=1S/C11H23NO3S/c1-9-6-7-15-11(9)10(12-2)5-4-8-16(3,13)14/h9-12H,4-8H2,1-3H3. The smallest absolute Gasteiger partial charge is 0.147 e. The van der Waals surface area contributed by atoms with Crippen LogP contribution < -0.4 is 5.32 Å². The Hall–Kier alpha value is -0.130. The molecule has 0 aromatic carbocycles. The molecular weight excluding hydrogens is 226 g/mol. The zero-order valence-electron chi connectivity index (χ0n) is 10.4. The summed E-state index contributed by atoms with van der Waals surface area (Å²) in [4.78, 5) is 0. The molecule has 4 nitrogen and oxygen atoms in total. The van der Waals surface area contributed by atoms with Crippen LogP contribution in [0.25, 0.3) is 0 Å². The maximum Gasteiger partial charge on any atom is 0.147 e. The lowest BCUT2D eigenvalue weighted by Crippen LogP contribution is -2.40. The van der Waals surface area contributed by atoms with Gasteiger partial charge >= 0.3 is 0 Å². The lowest BCUT2D eigenvalue weighted by molar-refractivity contribution is 0.0605. The molecule has 1 aliphatic heterocycles. The van der Waals surface area contributed by atoms with E-state index in [0.29, 0.717) is 12.3 Å². The van der Waals surface area contributed by atoms with E-state index in [-0.39, 0.29) is 17.9 Å². The predicted octanol–water partition coefficient (Wildman–Crippen LogP) is 0.824. The van der Waals surface area contributed by atoms with Gasteiger partial charge in [-0.15, -0.1) is 0 Å². The first-order valence-electron chi connectivity index (χ1n) is 5.90. The average Bonchev–Trinajstić information content (AvgIpc) is 2.58. The van der Waals surface area contributed by atoms with Gasteiger partial charge in [-0.05, 0) is 32.2 Å². The number of hydrogen-bond donors (Lipinski definition) is 1. The SMILES string of the molecule is CNC(CCCS(C)(=O)=O)C1OCCC1C. The van der Waals surface area contributed by atoms with Crippen LogP contribution in [0.5, 0.6) is 0 Å². The third-order valence-electron chi connectivity index (χ3n) is 3.24. The molecule has 0 bridgehead atoms. The third-order valence-corrected chi connectivity index (χ3v) is 4.27. The summed E-state index contributed by atoms with van der Waals surface area (Å²) in [5, 5.41) is 3.24. The van der Waals surface area contributed by atoms with Crippen molar-refractivity contribution in [1.29, 1.82) is 0 Å². The average molecular weight is 249 g/mol. The van der Waals surface area contributed by atoms with Crippen LogP contribution in [0.15, 0.2) is 0 Å². The molecule has 16 heavy (non-hydrogen) atoms. The molecule has 1 N–H and O–H groups in total. The summed E-state index contributed by atoms with van der Waals surface area (Å²) in [6.07, 6.45) is 4.20. The van der Waals surface area contributed by atoms with Crippen molar-refractivity contribution in [3.8, 4) is 0 Å². The Morgan fingerprint density at radius 2 is 2.19 bits per heavy atom. The quantitative estimate of drug-likeness (QED) is 0.757. The highest BCUT2D eigenvalue weighted by Crippen LogP contribution is 2.24. The first-order chi connectivity index (χ1) is 7.44. The van der Waals surface area contributed by atoms with Crippen molar-refractivity contribution in [1.82, 2.24) is 5.32 Å². The topological polar surface area (TPSA) is 55.4 Å². The van der Waals surface area contributed by atoms with Gasteiger partial charge in [0.2, 0.25) is 0 Å². The zero-order valence-corrected chi connectivity index (χ0v) is 11.2. The Kier molecular flexibility index (Phi) is 5.21. The lowest BCUT2D eigenvalue weighted by atomic mass is 9.95. The highest BCUT2D eigenvalue weighted by atomic mass is 32.2. The van der Waals surface area contributed by atoms with Gasteiger partial charge in [0.25, 0.3) is 0 Å². The minimum absolute atomic E-state index is 0.240.